The summed E-state index contributed by atoms with van der Waals surface area (Å²) in [5, 5.41) is 0.781. The van der Waals surface area contributed by atoms with Crippen LogP contribution in [0.3, 0.4) is 0 Å². The molecule has 4 nitrogen and oxygen atoms in total. The number of hydrogen-bond acceptors (Lipinski definition) is 4. The van der Waals surface area contributed by atoms with Crippen LogP contribution in [0.5, 0.6) is 0 Å². The third-order valence-electron chi connectivity index (χ3n) is 2.97. The van der Waals surface area contributed by atoms with Crippen LogP contribution in [0.1, 0.15) is 0 Å². The number of nitrogens with zero attached hydrogens (tertiary/aromatic N) is 3. The SMILES string of the molecule is FC1CN(c2cnc3c(c2)c(I)cn3S)CC(F)(F)O1. The first-order valence-electron chi connectivity index (χ1n) is 5.66. The van der Waals surface area contributed by atoms with Crippen molar-refractivity contribution in [3.63, 3.8) is 0 Å². The summed E-state index contributed by atoms with van der Waals surface area (Å²) in [5.74, 6) is 0. The van der Waals surface area contributed by atoms with Gasteiger partial charge in [0.15, 0.2) is 5.65 Å². The number of thiol groups is 1. The van der Waals surface area contributed by atoms with Crippen molar-refractivity contribution in [1.82, 2.24) is 8.96 Å². The highest BCUT2D eigenvalue weighted by Gasteiger charge is 2.42. The topological polar surface area (TPSA) is 30.3 Å². The zero-order valence-corrected chi connectivity index (χ0v) is 13.0. The van der Waals surface area contributed by atoms with E-state index in [1.54, 1.807) is 16.2 Å². The highest BCUT2D eigenvalue weighted by Crippen LogP contribution is 2.31. The molecule has 0 radical (unpaired) electrons. The fourth-order valence-corrected chi connectivity index (χ4v) is 3.30. The fourth-order valence-electron chi connectivity index (χ4n) is 2.13. The number of alkyl halides is 3. The van der Waals surface area contributed by atoms with Gasteiger partial charge >= 0.3 is 6.11 Å². The molecule has 0 aliphatic carbocycles. The molecule has 0 aromatic carbocycles. The molecule has 1 unspecified atom stereocenters. The van der Waals surface area contributed by atoms with Crippen molar-refractivity contribution in [2.75, 3.05) is 18.0 Å². The fraction of sp³-hybridized carbons (Fsp3) is 0.364. The second-order valence-electron chi connectivity index (χ2n) is 4.43. The number of pyridine rings is 1. The summed E-state index contributed by atoms with van der Waals surface area (Å²) >= 11 is 6.31. The molecular formula is C11H9F3IN3OS. The Kier molecular flexibility index (Phi) is 3.53. The molecule has 1 atom stereocenters. The van der Waals surface area contributed by atoms with Gasteiger partial charge < -0.3 is 4.90 Å². The van der Waals surface area contributed by atoms with E-state index < -0.39 is 19.0 Å². The highest BCUT2D eigenvalue weighted by atomic mass is 127. The van der Waals surface area contributed by atoms with Crippen LogP contribution in [0.4, 0.5) is 18.9 Å². The molecule has 1 aliphatic rings. The Labute approximate surface area is 131 Å². The maximum Gasteiger partial charge on any atom is 0.375 e. The van der Waals surface area contributed by atoms with E-state index in [9.17, 15) is 13.2 Å². The van der Waals surface area contributed by atoms with Crippen molar-refractivity contribution < 1.29 is 17.9 Å². The van der Waals surface area contributed by atoms with Crippen molar-refractivity contribution in [2.24, 2.45) is 0 Å². The zero-order chi connectivity index (χ0) is 14.5. The molecule has 1 saturated heterocycles. The van der Waals surface area contributed by atoms with Crippen molar-refractivity contribution in [3.05, 3.63) is 22.0 Å². The Bertz CT molecular complexity index is 666. The van der Waals surface area contributed by atoms with Gasteiger partial charge in [-0.25, -0.2) is 9.37 Å². The van der Waals surface area contributed by atoms with Crippen LogP contribution >= 0.6 is 35.4 Å². The minimum Gasteiger partial charge on any atom is -0.356 e. The average molecular weight is 415 g/mol. The van der Waals surface area contributed by atoms with Gasteiger partial charge in [0.1, 0.15) is 6.54 Å². The second-order valence-corrected chi connectivity index (χ2v) is 6.03. The van der Waals surface area contributed by atoms with Gasteiger partial charge in [-0.3, -0.25) is 8.71 Å². The zero-order valence-electron chi connectivity index (χ0n) is 9.93. The molecule has 0 N–H and O–H groups in total. The van der Waals surface area contributed by atoms with Gasteiger partial charge in [0, 0.05) is 15.2 Å². The van der Waals surface area contributed by atoms with Crippen molar-refractivity contribution in [1.29, 1.82) is 0 Å². The summed E-state index contributed by atoms with van der Waals surface area (Å²) in [6, 6.07) is 1.70. The lowest BCUT2D eigenvalue weighted by Crippen LogP contribution is -2.50. The van der Waals surface area contributed by atoms with Crippen LogP contribution in [0.2, 0.25) is 0 Å². The molecule has 0 amide bonds. The van der Waals surface area contributed by atoms with Gasteiger partial charge in [0.05, 0.1) is 18.4 Å². The number of rotatable bonds is 1. The highest BCUT2D eigenvalue weighted by molar-refractivity contribution is 14.1. The minimum absolute atomic E-state index is 0.249. The first-order chi connectivity index (χ1) is 9.35. The lowest BCUT2D eigenvalue weighted by molar-refractivity contribution is -0.292. The van der Waals surface area contributed by atoms with E-state index in [4.69, 9.17) is 0 Å². The molecule has 2 aromatic heterocycles. The molecule has 1 aliphatic heterocycles. The van der Waals surface area contributed by atoms with Crippen molar-refractivity contribution in [3.8, 4) is 0 Å². The van der Waals surface area contributed by atoms with Crippen LogP contribution in [-0.2, 0) is 4.74 Å². The molecule has 0 bridgehead atoms. The van der Waals surface area contributed by atoms with Crippen molar-refractivity contribution >= 4 is 52.1 Å². The number of aromatic nitrogens is 2. The molecule has 2 aromatic rings. The van der Waals surface area contributed by atoms with Crippen LogP contribution in [-0.4, -0.2) is 34.5 Å². The van der Waals surface area contributed by atoms with Crippen LogP contribution in [0.15, 0.2) is 18.5 Å². The average Bonchev–Trinajstić information content (AvgIpc) is 2.62. The maximum absolute atomic E-state index is 13.2. The monoisotopic (exact) mass is 415 g/mol. The first-order valence-corrected chi connectivity index (χ1v) is 7.14. The van der Waals surface area contributed by atoms with Crippen molar-refractivity contribution in [2.45, 2.75) is 12.5 Å². The molecule has 3 rings (SSSR count). The summed E-state index contributed by atoms with van der Waals surface area (Å²) < 4.78 is 46.1. The van der Waals surface area contributed by atoms with E-state index in [1.165, 1.54) is 11.1 Å². The first kappa shape index (κ1) is 14.3. The van der Waals surface area contributed by atoms with Crippen LogP contribution in [0, 0.1) is 3.57 Å². The van der Waals surface area contributed by atoms with Gasteiger partial charge in [-0.05, 0) is 28.7 Å². The van der Waals surface area contributed by atoms with E-state index in [0.29, 0.717) is 11.3 Å². The van der Waals surface area contributed by atoms with Gasteiger partial charge in [-0.1, -0.05) is 12.8 Å². The summed E-state index contributed by atoms with van der Waals surface area (Å²) in [4.78, 5) is 5.41. The Balaban J connectivity index is 1.99. The molecule has 0 saturated carbocycles. The number of hydrogen-bond donors (Lipinski definition) is 1. The van der Waals surface area contributed by atoms with Crippen LogP contribution < -0.4 is 4.90 Å². The lowest BCUT2D eigenvalue weighted by atomic mass is 10.2. The summed E-state index contributed by atoms with van der Waals surface area (Å²) in [6.07, 6.45) is -2.34. The van der Waals surface area contributed by atoms with Gasteiger partial charge in [-0.15, -0.1) is 0 Å². The van der Waals surface area contributed by atoms with E-state index in [-0.39, 0.29) is 6.54 Å². The quantitative estimate of drug-likeness (QED) is 0.574. The smallest absolute Gasteiger partial charge is 0.356 e. The molecule has 20 heavy (non-hydrogen) atoms. The third-order valence-corrected chi connectivity index (χ3v) is 4.13. The Morgan fingerprint density at radius 2 is 2.25 bits per heavy atom. The Hall–Kier alpha value is -0.680. The predicted molar refractivity (Wildman–Crippen MR) is 80.0 cm³/mol. The largest absolute Gasteiger partial charge is 0.375 e. The predicted octanol–water partition coefficient (Wildman–Crippen LogP) is 3.06. The molecule has 108 valence electrons. The van der Waals surface area contributed by atoms with Crippen LogP contribution in [0.25, 0.3) is 11.0 Å². The number of morpholine rings is 1. The van der Waals surface area contributed by atoms with E-state index >= 15 is 0 Å². The van der Waals surface area contributed by atoms with Gasteiger partial charge in [-0.2, -0.15) is 8.78 Å². The summed E-state index contributed by atoms with van der Waals surface area (Å²) in [6.45, 7) is -0.945. The van der Waals surface area contributed by atoms with Gasteiger partial charge in [0.25, 0.3) is 0 Å². The number of halogens is 4. The molecular weight excluding hydrogens is 406 g/mol. The molecule has 3 heterocycles. The number of fused-ring (bicyclic) bond motifs is 1. The Morgan fingerprint density at radius 1 is 1.50 bits per heavy atom. The molecule has 1 fully saturated rings. The normalized spacial score (nSPS) is 22.4. The summed E-state index contributed by atoms with van der Waals surface area (Å²) in [7, 11) is 0. The number of anilines is 1. The lowest BCUT2D eigenvalue weighted by Gasteiger charge is -2.35. The third kappa shape index (κ3) is 2.58. The summed E-state index contributed by atoms with van der Waals surface area (Å²) in [5.41, 5.74) is 1.05. The standard InChI is InChI=1S/C11H9F3IN3OS/c12-9-4-17(5-11(13,14)19-9)6-1-7-8(15)3-18(20)10(7)16-2-6/h1-3,9,20H,4-5H2. The Morgan fingerprint density at radius 3 is 2.95 bits per heavy atom. The second kappa shape index (κ2) is 4.95. The minimum atomic E-state index is -3.50. The maximum atomic E-state index is 13.2. The molecule has 9 heteroatoms. The van der Waals surface area contributed by atoms with E-state index in [1.807, 2.05) is 0 Å². The van der Waals surface area contributed by atoms with E-state index in [0.717, 1.165) is 8.96 Å². The molecule has 0 spiro atoms. The number of ether oxygens (including phenoxy) is 1. The van der Waals surface area contributed by atoms with E-state index in [2.05, 4.69) is 45.1 Å². The van der Waals surface area contributed by atoms with Gasteiger partial charge in [0.2, 0.25) is 6.36 Å².